The van der Waals surface area contributed by atoms with Gasteiger partial charge in [-0.1, -0.05) is 29.3 Å². The molecule has 6 heteroatoms. The average molecular weight is 361 g/mol. The van der Waals surface area contributed by atoms with E-state index in [1.54, 1.807) is 24.3 Å². The van der Waals surface area contributed by atoms with Gasteiger partial charge in [0.05, 0.1) is 18.1 Å². The van der Waals surface area contributed by atoms with Crippen molar-refractivity contribution in [2.45, 2.75) is 25.3 Å². The summed E-state index contributed by atoms with van der Waals surface area (Å²) in [6.45, 7) is 6.24. The maximum Gasteiger partial charge on any atom is 0.243 e. The molecule has 2 aromatic carbocycles. The van der Waals surface area contributed by atoms with Gasteiger partial charge in [-0.15, -0.1) is 0 Å². The van der Waals surface area contributed by atoms with Gasteiger partial charge in [0, 0.05) is 13.1 Å². The predicted octanol–water partition coefficient (Wildman–Crippen LogP) is 2.90. The largest absolute Gasteiger partial charge is 0.489 e. The van der Waals surface area contributed by atoms with Gasteiger partial charge in [0.25, 0.3) is 0 Å². The summed E-state index contributed by atoms with van der Waals surface area (Å²) in [6, 6.07) is 12.9. The summed E-state index contributed by atoms with van der Waals surface area (Å²) in [5.74, 6) is 0.653. The maximum absolute atomic E-state index is 12.6. The molecule has 134 valence electrons. The highest BCUT2D eigenvalue weighted by molar-refractivity contribution is 7.89. The molecule has 0 aromatic heterocycles. The van der Waals surface area contributed by atoms with E-state index in [0.717, 1.165) is 5.56 Å². The van der Waals surface area contributed by atoms with Crippen LogP contribution >= 0.6 is 0 Å². The van der Waals surface area contributed by atoms with E-state index < -0.39 is 10.0 Å². The summed E-state index contributed by atoms with van der Waals surface area (Å²) >= 11 is 0. The third kappa shape index (κ3) is 4.39. The first-order chi connectivity index (χ1) is 11.9. The van der Waals surface area contributed by atoms with Gasteiger partial charge in [0.2, 0.25) is 10.0 Å². The molecule has 1 saturated heterocycles. The van der Waals surface area contributed by atoms with Crippen LogP contribution in [0.5, 0.6) is 5.75 Å². The molecule has 0 amide bonds. The lowest BCUT2D eigenvalue weighted by molar-refractivity contribution is 0.0730. The second-order valence-corrected chi connectivity index (χ2v) is 8.21. The Morgan fingerprint density at radius 1 is 1.00 bits per heavy atom. The molecular formula is C19H23NO4S. The standard InChI is InChI=1S/C19H23NO4S/c1-15-11-16(2)13-17(12-15)14-24-18-3-5-19(6-4-18)25(21,22)20-7-9-23-10-8-20/h3-6,11-13H,7-10,14H2,1-2H3. The molecule has 5 nitrogen and oxygen atoms in total. The molecule has 0 aliphatic carbocycles. The molecule has 0 unspecified atom stereocenters. The van der Waals surface area contributed by atoms with E-state index in [0.29, 0.717) is 38.7 Å². The number of morpholine rings is 1. The molecule has 0 atom stereocenters. The topological polar surface area (TPSA) is 55.8 Å². The number of aryl methyl sites for hydroxylation is 2. The van der Waals surface area contributed by atoms with Crippen LogP contribution in [0.4, 0.5) is 0 Å². The second-order valence-electron chi connectivity index (χ2n) is 6.27. The van der Waals surface area contributed by atoms with E-state index in [2.05, 4.69) is 32.0 Å². The van der Waals surface area contributed by atoms with Gasteiger partial charge >= 0.3 is 0 Å². The molecule has 25 heavy (non-hydrogen) atoms. The summed E-state index contributed by atoms with van der Waals surface area (Å²) in [6.07, 6.45) is 0. The molecule has 2 aromatic rings. The highest BCUT2D eigenvalue weighted by atomic mass is 32.2. The van der Waals surface area contributed by atoms with E-state index >= 15 is 0 Å². The number of rotatable bonds is 5. The average Bonchev–Trinajstić information content (AvgIpc) is 2.60. The van der Waals surface area contributed by atoms with Gasteiger partial charge in [0.1, 0.15) is 12.4 Å². The van der Waals surface area contributed by atoms with Gasteiger partial charge in [0.15, 0.2) is 0 Å². The fourth-order valence-corrected chi connectivity index (χ4v) is 4.37. The van der Waals surface area contributed by atoms with Crippen molar-refractivity contribution in [2.75, 3.05) is 26.3 Å². The van der Waals surface area contributed by atoms with Crippen LogP contribution in [0.25, 0.3) is 0 Å². The molecule has 0 bridgehead atoms. The van der Waals surface area contributed by atoms with Gasteiger partial charge in [-0.25, -0.2) is 8.42 Å². The van der Waals surface area contributed by atoms with Crippen LogP contribution in [0.1, 0.15) is 16.7 Å². The maximum atomic E-state index is 12.6. The zero-order valence-electron chi connectivity index (χ0n) is 14.6. The first kappa shape index (κ1) is 17.9. The van der Waals surface area contributed by atoms with Crippen molar-refractivity contribution in [1.82, 2.24) is 4.31 Å². The first-order valence-corrected chi connectivity index (χ1v) is 9.77. The summed E-state index contributed by atoms with van der Waals surface area (Å²) in [5.41, 5.74) is 3.50. The van der Waals surface area contributed by atoms with Crippen molar-refractivity contribution >= 4 is 10.0 Å². The lowest BCUT2D eigenvalue weighted by Crippen LogP contribution is -2.40. The SMILES string of the molecule is Cc1cc(C)cc(COc2ccc(S(=O)(=O)N3CCOCC3)cc2)c1. The Hall–Kier alpha value is -1.89. The van der Waals surface area contributed by atoms with Gasteiger partial charge in [-0.3, -0.25) is 0 Å². The molecule has 1 aliphatic heterocycles. The van der Waals surface area contributed by atoms with Crippen molar-refractivity contribution in [1.29, 1.82) is 0 Å². The van der Waals surface area contributed by atoms with Gasteiger partial charge < -0.3 is 9.47 Å². The highest BCUT2D eigenvalue weighted by Crippen LogP contribution is 2.21. The Labute approximate surface area is 149 Å². The van der Waals surface area contributed by atoms with Crippen molar-refractivity contribution in [3.63, 3.8) is 0 Å². The van der Waals surface area contributed by atoms with E-state index in [1.807, 2.05) is 0 Å². The summed E-state index contributed by atoms with van der Waals surface area (Å²) in [7, 11) is -3.46. The van der Waals surface area contributed by atoms with Crippen LogP contribution in [0.2, 0.25) is 0 Å². The quantitative estimate of drug-likeness (QED) is 0.822. The molecule has 0 N–H and O–H groups in total. The lowest BCUT2D eigenvalue weighted by Gasteiger charge is -2.26. The highest BCUT2D eigenvalue weighted by Gasteiger charge is 2.26. The minimum Gasteiger partial charge on any atom is -0.489 e. The fraction of sp³-hybridized carbons (Fsp3) is 0.368. The van der Waals surface area contributed by atoms with Crippen LogP contribution in [-0.2, 0) is 21.4 Å². The molecule has 1 aliphatic rings. The van der Waals surface area contributed by atoms with Crippen molar-refractivity contribution in [3.05, 3.63) is 59.2 Å². The van der Waals surface area contributed by atoms with Crippen molar-refractivity contribution < 1.29 is 17.9 Å². The molecule has 0 saturated carbocycles. The predicted molar refractivity (Wildman–Crippen MR) is 96.3 cm³/mol. The molecule has 1 heterocycles. The second kappa shape index (κ2) is 7.56. The summed E-state index contributed by atoms with van der Waals surface area (Å²) < 4.78 is 37.6. The number of nitrogens with zero attached hydrogens (tertiary/aromatic N) is 1. The van der Waals surface area contributed by atoms with Crippen molar-refractivity contribution in [3.8, 4) is 5.75 Å². The van der Waals surface area contributed by atoms with E-state index in [-0.39, 0.29) is 4.90 Å². The van der Waals surface area contributed by atoms with Crippen molar-refractivity contribution in [2.24, 2.45) is 0 Å². The van der Waals surface area contributed by atoms with Crippen LogP contribution in [-0.4, -0.2) is 39.0 Å². The zero-order valence-corrected chi connectivity index (χ0v) is 15.4. The van der Waals surface area contributed by atoms with E-state index in [4.69, 9.17) is 9.47 Å². The Bertz CT molecular complexity index is 805. The van der Waals surface area contributed by atoms with Crippen LogP contribution in [0.3, 0.4) is 0 Å². The smallest absolute Gasteiger partial charge is 0.243 e. The van der Waals surface area contributed by atoms with Gasteiger partial charge in [-0.05, 0) is 43.7 Å². The molecule has 0 spiro atoms. The van der Waals surface area contributed by atoms with Crippen LogP contribution in [0, 0.1) is 13.8 Å². The normalized spacial score (nSPS) is 15.9. The summed E-state index contributed by atoms with van der Waals surface area (Å²) in [4.78, 5) is 0.285. The number of ether oxygens (including phenoxy) is 2. The number of hydrogen-bond acceptors (Lipinski definition) is 4. The lowest BCUT2D eigenvalue weighted by atomic mass is 10.1. The number of hydrogen-bond donors (Lipinski definition) is 0. The molecular weight excluding hydrogens is 338 g/mol. The van der Waals surface area contributed by atoms with Crippen LogP contribution < -0.4 is 4.74 Å². The zero-order chi connectivity index (χ0) is 17.9. The van der Waals surface area contributed by atoms with Gasteiger partial charge in [-0.2, -0.15) is 4.31 Å². The Morgan fingerprint density at radius 2 is 1.60 bits per heavy atom. The molecule has 0 radical (unpaired) electrons. The fourth-order valence-electron chi connectivity index (χ4n) is 2.96. The third-order valence-corrected chi connectivity index (χ3v) is 6.03. The van der Waals surface area contributed by atoms with E-state index in [1.165, 1.54) is 15.4 Å². The van der Waals surface area contributed by atoms with Crippen LogP contribution in [0.15, 0.2) is 47.4 Å². The Balaban J connectivity index is 1.67. The molecule has 1 fully saturated rings. The Morgan fingerprint density at radius 3 is 2.20 bits per heavy atom. The minimum atomic E-state index is -3.46. The summed E-state index contributed by atoms with van der Waals surface area (Å²) in [5, 5.41) is 0. The third-order valence-electron chi connectivity index (χ3n) is 4.12. The Kier molecular flexibility index (Phi) is 5.42. The number of benzene rings is 2. The van der Waals surface area contributed by atoms with E-state index in [9.17, 15) is 8.42 Å². The monoisotopic (exact) mass is 361 g/mol. The minimum absolute atomic E-state index is 0.285. The number of sulfonamides is 1. The first-order valence-electron chi connectivity index (χ1n) is 8.33. The molecule has 3 rings (SSSR count).